The van der Waals surface area contributed by atoms with Crippen molar-refractivity contribution in [1.82, 2.24) is 0 Å². The van der Waals surface area contributed by atoms with E-state index in [1.54, 1.807) is 6.07 Å². The number of benzene rings is 1. The molecule has 0 radical (unpaired) electrons. The van der Waals surface area contributed by atoms with Crippen molar-refractivity contribution in [2.45, 2.75) is 0 Å². The van der Waals surface area contributed by atoms with Crippen LogP contribution in [-0.2, 0) is 0 Å². The van der Waals surface area contributed by atoms with Crippen LogP contribution in [0.3, 0.4) is 0 Å². The van der Waals surface area contributed by atoms with Gasteiger partial charge in [-0.15, -0.1) is 0 Å². The zero-order valence-electron chi connectivity index (χ0n) is 6.37. The molecule has 0 heterocycles. The summed E-state index contributed by atoms with van der Waals surface area (Å²) in [5.74, 6) is 0.340. The third-order valence-electron chi connectivity index (χ3n) is 1.42. The van der Waals surface area contributed by atoms with Gasteiger partial charge in [-0.1, -0.05) is 0 Å². The van der Waals surface area contributed by atoms with Gasteiger partial charge in [0.1, 0.15) is 11.5 Å². The minimum atomic E-state index is -0.702. The standard InChI is InChI=1S/C8H7ClO3/c1-12-5-2-3-7(10)6(4-5)8(9)11/h2-4,10H,1H3. The molecule has 0 atom stereocenters. The van der Waals surface area contributed by atoms with Gasteiger partial charge in [-0.2, -0.15) is 0 Å². The number of carbonyl (C=O) groups is 1. The predicted octanol–water partition coefficient (Wildman–Crippen LogP) is 1.78. The van der Waals surface area contributed by atoms with Gasteiger partial charge >= 0.3 is 0 Å². The second kappa shape index (κ2) is 3.45. The molecule has 1 aromatic rings. The molecule has 0 spiro atoms. The van der Waals surface area contributed by atoms with E-state index in [1.165, 1.54) is 19.2 Å². The lowest BCUT2D eigenvalue weighted by molar-refractivity contribution is 0.107. The Hall–Kier alpha value is -1.22. The summed E-state index contributed by atoms with van der Waals surface area (Å²) < 4.78 is 4.84. The predicted molar refractivity (Wildman–Crippen MR) is 44.8 cm³/mol. The second-order valence-corrected chi connectivity index (χ2v) is 2.50. The van der Waals surface area contributed by atoms with Crippen molar-refractivity contribution in [1.29, 1.82) is 0 Å². The number of halogens is 1. The number of rotatable bonds is 2. The van der Waals surface area contributed by atoms with Gasteiger partial charge in [0.2, 0.25) is 0 Å². The third kappa shape index (κ3) is 1.68. The van der Waals surface area contributed by atoms with E-state index >= 15 is 0 Å². The number of phenolic OH excluding ortho intramolecular Hbond substituents is 1. The summed E-state index contributed by atoms with van der Waals surface area (Å²) in [6, 6.07) is 4.28. The summed E-state index contributed by atoms with van der Waals surface area (Å²) in [6.45, 7) is 0. The summed E-state index contributed by atoms with van der Waals surface area (Å²) in [6.07, 6.45) is 0. The molecule has 0 saturated heterocycles. The van der Waals surface area contributed by atoms with Crippen LogP contribution < -0.4 is 4.74 Å². The molecule has 0 aromatic heterocycles. The maximum atomic E-state index is 10.7. The molecule has 3 nitrogen and oxygen atoms in total. The first-order valence-electron chi connectivity index (χ1n) is 3.22. The quantitative estimate of drug-likeness (QED) is 0.717. The normalized spacial score (nSPS) is 9.50. The number of carbonyl (C=O) groups excluding carboxylic acids is 1. The van der Waals surface area contributed by atoms with Crippen LogP contribution in [-0.4, -0.2) is 17.5 Å². The molecule has 4 heteroatoms. The van der Waals surface area contributed by atoms with Crippen LogP contribution in [0.4, 0.5) is 0 Å². The van der Waals surface area contributed by atoms with Crippen molar-refractivity contribution in [2.75, 3.05) is 7.11 Å². The fraction of sp³-hybridized carbons (Fsp3) is 0.125. The molecule has 0 bridgehead atoms. The van der Waals surface area contributed by atoms with E-state index in [1.807, 2.05) is 0 Å². The van der Waals surface area contributed by atoms with Crippen molar-refractivity contribution in [3.05, 3.63) is 23.8 Å². The molecule has 0 amide bonds. The Morgan fingerprint density at radius 2 is 2.25 bits per heavy atom. The highest BCUT2D eigenvalue weighted by Crippen LogP contribution is 2.23. The Balaban J connectivity index is 3.17. The third-order valence-corrected chi connectivity index (χ3v) is 1.62. The molecule has 1 rings (SSSR count). The molecule has 12 heavy (non-hydrogen) atoms. The first-order chi connectivity index (χ1) is 5.65. The number of aromatic hydroxyl groups is 1. The van der Waals surface area contributed by atoms with Crippen LogP contribution in [0.2, 0.25) is 0 Å². The molecule has 0 aliphatic carbocycles. The first-order valence-corrected chi connectivity index (χ1v) is 3.60. The lowest BCUT2D eigenvalue weighted by Crippen LogP contribution is -1.91. The molecule has 0 saturated carbocycles. The minimum Gasteiger partial charge on any atom is -0.507 e. The molecule has 0 unspecified atom stereocenters. The number of hydrogen-bond donors (Lipinski definition) is 1. The van der Waals surface area contributed by atoms with Gasteiger partial charge in [-0.3, -0.25) is 4.79 Å². The monoisotopic (exact) mass is 186 g/mol. The van der Waals surface area contributed by atoms with Gasteiger partial charge < -0.3 is 9.84 Å². The average Bonchev–Trinajstić information content (AvgIpc) is 2.05. The molecule has 0 aliphatic heterocycles. The van der Waals surface area contributed by atoms with E-state index in [2.05, 4.69) is 0 Å². The van der Waals surface area contributed by atoms with Crippen molar-refractivity contribution >= 4 is 16.8 Å². The number of methoxy groups -OCH3 is 1. The zero-order valence-corrected chi connectivity index (χ0v) is 7.13. The van der Waals surface area contributed by atoms with Crippen molar-refractivity contribution < 1.29 is 14.6 Å². The van der Waals surface area contributed by atoms with Gasteiger partial charge in [0.25, 0.3) is 5.24 Å². The second-order valence-electron chi connectivity index (χ2n) is 2.16. The summed E-state index contributed by atoms with van der Waals surface area (Å²) in [5, 5.41) is 8.44. The van der Waals surface area contributed by atoms with E-state index < -0.39 is 5.24 Å². The van der Waals surface area contributed by atoms with Crippen LogP contribution in [0.1, 0.15) is 10.4 Å². The molecular formula is C8H7ClO3. The van der Waals surface area contributed by atoms with E-state index in [9.17, 15) is 4.79 Å². The topological polar surface area (TPSA) is 46.5 Å². The minimum absolute atomic E-state index is 0.0519. The van der Waals surface area contributed by atoms with Crippen LogP contribution in [0.5, 0.6) is 11.5 Å². The van der Waals surface area contributed by atoms with Crippen LogP contribution in [0.15, 0.2) is 18.2 Å². The first kappa shape index (κ1) is 8.87. The Morgan fingerprint density at radius 3 is 2.75 bits per heavy atom. The van der Waals surface area contributed by atoms with Crippen molar-refractivity contribution in [3.63, 3.8) is 0 Å². The van der Waals surface area contributed by atoms with Gasteiger partial charge in [0.05, 0.1) is 12.7 Å². The Bertz CT molecular complexity index is 309. The van der Waals surface area contributed by atoms with Gasteiger partial charge in [0, 0.05) is 0 Å². The number of hydrogen-bond acceptors (Lipinski definition) is 3. The fourth-order valence-electron chi connectivity index (χ4n) is 0.800. The molecule has 1 aromatic carbocycles. The number of ether oxygens (including phenoxy) is 1. The highest BCUT2D eigenvalue weighted by molar-refractivity contribution is 6.68. The highest BCUT2D eigenvalue weighted by atomic mass is 35.5. The smallest absolute Gasteiger partial charge is 0.256 e. The largest absolute Gasteiger partial charge is 0.507 e. The van der Waals surface area contributed by atoms with Crippen LogP contribution in [0, 0.1) is 0 Å². The van der Waals surface area contributed by atoms with Gasteiger partial charge in [-0.25, -0.2) is 0 Å². The van der Waals surface area contributed by atoms with Crippen LogP contribution >= 0.6 is 11.6 Å². The van der Waals surface area contributed by atoms with Crippen molar-refractivity contribution in [2.24, 2.45) is 0 Å². The molecule has 1 N–H and O–H groups in total. The lowest BCUT2D eigenvalue weighted by Gasteiger charge is -2.02. The fourth-order valence-corrected chi connectivity index (χ4v) is 0.951. The summed E-state index contributed by atoms with van der Waals surface area (Å²) in [7, 11) is 1.47. The Morgan fingerprint density at radius 1 is 1.58 bits per heavy atom. The van der Waals surface area contributed by atoms with Crippen molar-refractivity contribution in [3.8, 4) is 11.5 Å². The van der Waals surface area contributed by atoms with E-state index in [-0.39, 0.29) is 11.3 Å². The SMILES string of the molecule is COc1ccc(O)c(C(=O)Cl)c1. The maximum Gasteiger partial charge on any atom is 0.256 e. The highest BCUT2D eigenvalue weighted by Gasteiger charge is 2.08. The van der Waals surface area contributed by atoms with E-state index in [4.69, 9.17) is 21.4 Å². The molecule has 0 fully saturated rings. The van der Waals surface area contributed by atoms with E-state index in [0.717, 1.165) is 0 Å². The Labute approximate surface area is 74.5 Å². The number of phenols is 1. The average molecular weight is 187 g/mol. The summed E-state index contributed by atoms with van der Waals surface area (Å²) in [5.41, 5.74) is 0.0519. The van der Waals surface area contributed by atoms with Gasteiger partial charge in [-0.05, 0) is 29.8 Å². The molecule has 0 aliphatic rings. The zero-order chi connectivity index (χ0) is 9.14. The molecular weight excluding hydrogens is 180 g/mol. The Kier molecular flexibility index (Phi) is 2.55. The maximum absolute atomic E-state index is 10.7. The molecule has 64 valence electrons. The van der Waals surface area contributed by atoms with Crippen LogP contribution in [0.25, 0.3) is 0 Å². The van der Waals surface area contributed by atoms with Gasteiger partial charge in [0.15, 0.2) is 0 Å². The lowest BCUT2D eigenvalue weighted by atomic mass is 10.2. The summed E-state index contributed by atoms with van der Waals surface area (Å²) in [4.78, 5) is 10.7. The van der Waals surface area contributed by atoms with E-state index in [0.29, 0.717) is 5.75 Å². The summed E-state index contributed by atoms with van der Waals surface area (Å²) >= 11 is 5.18.